The van der Waals surface area contributed by atoms with Gasteiger partial charge in [-0.05, 0) is 56.7 Å². The average molecular weight is 356 g/mol. The zero-order chi connectivity index (χ0) is 17.8. The summed E-state index contributed by atoms with van der Waals surface area (Å²) in [6, 6.07) is 12.6. The van der Waals surface area contributed by atoms with Gasteiger partial charge < -0.3 is 9.67 Å². The van der Waals surface area contributed by atoms with Crippen LogP contribution in [0, 0.1) is 13.8 Å². The van der Waals surface area contributed by atoms with Gasteiger partial charge in [-0.2, -0.15) is 0 Å². The number of hydrogen-bond donors (Lipinski definition) is 1. The highest BCUT2D eigenvalue weighted by Gasteiger charge is 2.14. The first kappa shape index (κ1) is 17.9. The Labute approximate surface area is 153 Å². The third kappa shape index (κ3) is 4.78. The molecule has 5 heteroatoms. The lowest BCUT2D eigenvalue weighted by atomic mass is 10.3. The predicted molar refractivity (Wildman–Crippen MR) is 103 cm³/mol. The van der Waals surface area contributed by atoms with Crippen molar-refractivity contribution in [3.63, 3.8) is 0 Å². The quantitative estimate of drug-likeness (QED) is 0.698. The van der Waals surface area contributed by atoms with Crippen LogP contribution in [-0.2, 0) is 13.1 Å². The summed E-state index contributed by atoms with van der Waals surface area (Å²) in [4.78, 5) is 9.46. The van der Waals surface area contributed by atoms with E-state index < -0.39 is 0 Å². The molecule has 1 atom stereocenters. The van der Waals surface area contributed by atoms with E-state index in [1.54, 1.807) is 0 Å². The molecule has 0 aromatic carbocycles. The molecule has 25 heavy (non-hydrogen) atoms. The second-order valence-electron chi connectivity index (χ2n) is 6.59. The Balaban J connectivity index is 1.80. The fraction of sp³-hybridized carbons (Fsp3) is 0.350. The lowest BCUT2D eigenvalue weighted by Crippen LogP contribution is -2.30. The largest absolute Gasteiger partial charge is 0.392 e. The number of aliphatic hydroxyl groups excluding tert-OH is 1. The molecule has 0 bridgehead atoms. The average Bonchev–Trinajstić information content (AvgIpc) is 3.17. The topological polar surface area (TPSA) is 41.3 Å². The van der Waals surface area contributed by atoms with Gasteiger partial charge in [0.15, 0.2) is 0 Å². The molecule has 0 fully saturated rings. The first-order chi connectivity index (χ1) is 12.0. The molecule has 0 aliphatic carbocycles. The third-order valence-corrected chi connectivity index (χ3v) is 5.04. The standard InChI is InChI=1S/C20H25N3OS/c1-15-6-9-20(21-11-15)23-10-4-5-18(23)13-22(12-16(2)24)14-19-8-7-17(3)25-19/h4-11,16,24H,12-14H2,1-3H3/t16-/m1/s1. The van der Waals surface area contributed by atoms with Gasteiger partial charge in [0.2, 0.25) is 0 Å². The molecule has 1 N–H and O–H groups in total. The van der Waals surface area contributed by atoms with Crippen molar-refractivity contribution in [1.29, 1.82) is 0 Å². The van der Waals surface area contributed by atoms with E-state index in [0.717, 1.165) is 24.5 Å². The fourth-order valence-corrected chi connectivity index (χ4v) is 3.88. The van der Waals surface area contributed by atoms with Crippen molar-refractivity contribution in [3.8, 4) is 5.82 Å². The van der Waals surface area contributed by atoms with Gasteiger partial charge in [0, 0.05) is 47.5 Å². The number of rotatable bonds is 7. The van der Waals surface area contributed by atoms with Gasteiger partial charge in [-0.3, -0.25) is 4.90 Å². The minimum atomic E-state index is -0.359. The smallest absolute Gasteiger partial charge is 0.136 e. The van der Waals surface area contributed by atoms with Crippen LogP contribution in [0.4, 0.5) is 0 Å². The Morgan fingerprint density at radius 2 is 2.00 bits per heavy atom. The van der Waals surface area contributed by atoms with Gasteiger partial charge in [-0.25, -0.2) is 4.98 Å². The predicted octanol–water partition coefficient (Wildman–Crippen LogP) is 3.93. The maximum Gasteiger partial charge on any atom is 0.136 e. The summed E-state index contributed by atoms with van der Waals surface area (Å²) in [7, 11) is 0. The Morgan fingerprint density at radius 3 is 2.64 bits per heavy atom. The van der Waals surface area contributed by atoms with Crippen molar-refractivity contribution in [2.75, 3.05) is 6.54 Å². The van der Waals surface area contributed by atoms with Crippen molar-refractivity contribution in [2.45, 2.75) is 40.0 Å². The number of thiophene rings is 1. The van der Waals surface area contributed by atoms with Crippen molar-refractivity contribution in [1.82, 2.24) is 14.5 Å². The van der Waals surface area contributed by atoms with E-state index in [0.29, 0.717) is 6.54 Å². The summed E-state index contributed by atoms with van der Waals surface area (Å²) in [5, 5.41) is 9.89. The first-order valence-electron chi connectivity index (χ1n) is 8.56. The number of pyridine rings is 1. The molecule has 0 unspecified atom stereocenters. The minimum absolute atomic E-state index is 0.359. The van der Waals surface area contributed by atoms with Crippen LogP contribution in [0.1, 0.15) is 27.9 Å². The van der Waals surface area contributed by atoms with Crippen LogP contribution in [0.25, 0.3) is 5.82 Å². The number of nitrogens with zero attached hydrogens (tertiary/aromatic N) is 3. The highest BCUT2D eigenvalue weighted by Crippen LogP contribution is 2.20. The summed E-state index contributed by atoms with van der Waals surface area (Å²) < 4.78 is 2.12. The van der Waals surface area contributed by atoms with E-state index in [2.05, 4.69) is 45.6 Å². The lowest BCUT2D eigenvalue weighted by Gasteiger charge is -2.24. The maximum atomic E-state index is 9.89. The molecule has 132 valence electrons. The van der Waals surface area contributed by atoms with Crippen LogP contribution in [0.5, 0.6) is 0 Å². The van der Waals surface area contributed by atoms with E-state index in [-0.39, 0.29) is 6.10 Å². The molecule has 3 aromatic heterocycles. The van der Waals surface area contributed by atoms with E-state index in [1.807, 2.05) is 49.7 Å². The van der Waals surface area contributed by atoms with Crippen LogP contribution in [0.3, 0.4) is 0 Å². The molecule has 0 aliphatic heterocycles. The summed E-state index contributed by atoms with van der Waals surface area (Å²) in [6.07, 6.45) is 3.58. The summed E-state index contributed by atoms with van der Waals surface area (Å²) in [5.74, 6) is 0.926. The molecule has 0 radical (unpaired) electrons. The van der Waals surface area contributed by atoms with Gasteiger partial charge >= 0.3 is 0 Å². The van der Waals surface area contributed by atoms with Crippen LogP contribution >= 0.6 is 11.3 Å². The van der Waals surface area contributed by atoms with E-state index >= 15 is 0 Å². The second kappa shape index (κ2) is 7.95. The normalized spacial score (nSPS) is 12.7. The molecular weight excluding hydrogens is 330 g/mol. The highest BCUT2D eigenvalue weighted by atomic mass is 32.1. The Bertz CT molecular complexity index is 804. The van der Waals surface area contributed by atoms with Gasteiger partial charge in [0.25, 0.3) is 0 Å². The minimum Gasteiger partial charge on any atom is -0.392 e. The molecule has 0 saturated carbocycles. The van der Waals surface area contributed by atoms with Crippen LogP contribution in [0.2, 0.25) is 0 Å². The maximum absolute atomic E-state index is 9.89. The second-order valence-corrected chi connectivity index (χ2v) is 7.97. The van der Waals surface area contributed by atoms with Gasteiger partial charge in [-0.15, -0.1) is 11.3 Å². The van der Waals surface area contributed by atoms with Crippen molar-refractivity contribution in [3.05, 3.63) is 69.8 Å². The van der Waals surface area contributed by atoms with E-state index in [1.165, 1.54) is 15.4 Å². The van der Waals surface area contributed by atoms with Crippen molar-refractivity contribution >= 4 is 11.3 Å². The molecule has 3 rings (SSSR count). The molecule has 0 spiro atoms. The van der Waals surface area contributed by atoms with Crippen LogP contribution in [-0.4, -0.2) is 32.2 Å². The molecule has 3 aromatic rings. The highest BCUT2D eigenvalue weighted by molar-refractivity contribution is 7.11. The number of aryl methyl sites for hydroxylation is 2. The zero-order valence-corrected chi connectivity index (χ0v) is 15.8. The van der Waals surface area contributed by atoms with Crippen molar-refractivity contribution in [2.24, 2.45) is 0 Å². The molecule has 0 saturated heterocycles. The molecule has 0 aliphatic rings. The number of aromatic nitrogens is 2. The summed E-state index contributed by atoms with van der Waals surface area (Å²) in [6.45, 7) is 8.26. The third-order valence-electron chi connectivity index (χ3n) is 4.06. The summed E-state index contributed by atoms with van der Waals surface area (Å²) in [5.41, 5.74) is 2.33. The molecule has 3 heterocycles. The van der Waals surface area contributed by atoms with Gasteiger partial charge in [0.1, 0.15) is 5.82 Å². The zero-order valence-electron chi connectivity index (χ0n) is 15.0. The summed E-state index contributed by atoms with van der Waals surface area (Å²) >= 11 is 1.82. The van der Waals surface area contributed by atoms with Gasteiger partial charge in [0.05, 0.1) is 6.10 Å². The Morgan fingerprint density at radius 1 is 1.16 bits per heavy atom. The number of aliphatic hydroxyl groups is 1. The lowest BCUT2D eigenvalue weighted by molar-refractivity contribution is 0.117. The fourth-order valence-electron chi connectivity index (χ4n) is 2.95. The Kier molecular flexibility index (Phi) is 5.68. The molecule has 4 nitrogen and oxygen atoms in total. The van der Waals surface area contributed by atoms with E-state index in [9.17, 15) is 5.11 Å². The monoisotopic (exact) mass is 355 g/mol. The number of hydrogen-bond acceptors (Lipinski definition) is 4. The van der Waals surface area contributed by atoms with E-state index in [4.69, 9.17) is 0 Å². The first-order valence-corrected chi connectivity index (χ1v) is 9.38. The van der Waals surface area contributed by atoms with Crippen molar-refractivity contribution < 1.29 is 5.11 Å². The SMILES string of the molecule is Cc1ccc(-n2cccc2CN(Cc2ccc(C)s2)C[C@@H](C)O)nc1. The Hall–Kier alpha value is -1.95. The van der Waals surface area contributed by atoms with Crippen LogP contribution in [0.15, 0.2) is 48.8 Å². The van der Waals surface area contributed by atoms with Gasteiger partial charge in [-0.1, -0.05) is 6.07 Å². The molecule has 0 amide bonds. The molecular formula is C20H25N3OS. The van der Waals surface area contributed by atoms with Crippen LogP contribution < -0.4 is 0 Å².